The Bertz CT molecular complexity index is 386. The van der Waals surface area contributed by atoms with Crippen LogP contribution >= 0.6 is 0 Å². The van der Waals surface area contributed by atoms with E-state index in [9.17, 15) is 13.2 Å². The third-order valence-corrected chi connectivity index (χ3v) is 2.89. The zero-order valence-corrected chi connectivity index (χ0v) is 9.87. The summed E-state index contributed by atoms with van der Waals surface area (Å²) in [7, 11) is 0. The van der Waals surface area contributed by atoms with E-state index in [0.717, 1.165) is 38.2 Å². The zero-order chi connectivity index (χ0) is 13.0. The Hall–Kier alpha value is -1.23. The Morgan fingerprint density at radius 1 is 1.28 bits per heavy atom. The number of hydrogen-bond donors (Lipinski definition) is 0. The van der Waals surface area contributed by atoms with Crippen LogP contribution in [0.25, 0.3) is 0 Å². The van der Waals surface area contributed by atoms with Gasteiger partial charge in [-0.05, 0) is 31.0 Å². The lowest BCUT2D eigenvalue weighted by Crippen LogP contribution is -2.27. The second-order valence-electron chi connectivity index (χ2n) is 4.42. The molecule has 0 radical (unpaired) electrons. The van der Waals surface area contributed by atoms with Gasteiger partial charge in [0.05, 0.1) is 25.4 Å². The van der Waals surface area contributed by atoms with Crippen molar-refractivity contribution in [3.8, 4) is 5.75 Å². The van der Waals surface area contributed by atoms with Crippen LogP contribution in [0, 0.1) is 5.92 Å². The van der Waals surface area contributed by atoms with Crippen molar-refractivity contribution in [3.05, 3.63) is 29.8 Å². The van der Waals surface area contributed by atoms with Crippen LogP contribution in [0.1, 0.15) is 18.4 Å². The lowest BCUT2D eigenvalue weighted by Gasteiger charge is -2.25. The van der Waals surface area contributed by atoms with E-state index in [1.54, 1.807) is 6.07 Å². The molecule has 100 valence electrons. The molecule has 5 heteroatoms. The van der Waals surface area contributed by atoms with E-state index in [4.69, 9.17) is 9.47 Å². The van der Waals surface area contributed by atoms with Gasteiger partial charge in [-0.25, -0.2) is 0 Å². The first kappa shape index (κ1) is 13.2. The maximum atomic E-state index is 12.4. The van der Waals surface area contributed by atoms with Gasteiger partial charge in [-0.1, -0.05) is 6.07 Å². The van der Waals surface area contributed by atoms with Gasteiger partial charge in [-0.15, -0.1) is 0 Å². The zero-order valence-electron chi connectivity index (χ0n) is 9.87. The van der Waals surface area contributed by atoms with Crippen molar-refractivity contribution in [3.63, 3.8) is 0 Å². The number of hydrogen-bond acceptors (Lipinski definition) is 2. The van der Waals surface area contributed by atoms with Crippen molar-refractivity contribution < 1.29 is 22.6 Å². The monoisotopic (exact) mass is 260 g/mol. The van der Waals surface area contributed by atoms with Crippen LogP contribution in [0.5, 0.6) is 5.75 Å². The van der Waals surface area contributed by atoms with Gasteiger partial charge in [0, 0.05) is 5.92 Å². The maximum absolute atomic E-state index is 12.4. The predicted octanol–water partition coefficient (Wildman–Crippen LogP) is 3.51. The first-order chi connectivity index (χ1) is 8.55. The van der Waals surface area contributed by atoms with E-state index in [1.807, 2.05) is 0 Å². The molecule has 0 aromatic heterocycles. The Labute approximate surface area is 104 Å². The Balaban J connectivity index is 1.78. The largest absolute Gasteiger partial charge is 0.494 e. The van der Waals surface area contributed by atoms with Crippen molar-refractivity contribution in [2.24, 2.45) is 5.92 Å². The average molecular weight is 260 g/mol. The van der Waals surface area contributed by atoms with Crippen LogP contribution in [0.15, 0.2) is 24.3 Å². The van der Waals surface area contributed by atoms with Gasteiger partial charge in [0.15, 0.2) is 0 Å². The van der Waals surface area contributed by atoms with Crippen LogP contribution in [-0.2, 0) is 10.9 Å². The standard InChI is InChI=1S/C13H15F3O2/c14-13(15,16)11-4-1-5-12(7-11)18-6-2-3-10-8-17-9-10/h1,4-5,7,10H,2-3,6,8-9H2. The molecular weight excluding hydrogens is 245 g/mol. The van der Waals surface area contributed by atoms with Crippen molar-refractivity contribution >= 4 is 0 Å². The molecule has 0 atom stereocenters. The van der Waals surface area contributed by atoms with E-state index in [2.05, 4.69) is 0 Å². The lowest BCUT2D eigenvalue weighted by atomic mass is 10.0. The van der Waals surface area contributed by atoms with Crippen LogP contribution < -0.4 is 4.74 Å². The minimum atomic E-state index is -4.32. The molecule has 1 aromatic carbocycles. The normalized spacial score (nSPS) is 16.4. The van der Waals surface area contributed by atoms with Gasteiger partial charge >= 0.3 is 6.18 Å². The molecule has 1 aliphatic rings. The van der Waals surface area contributed by atoms with Crippen LogP contribution in [0.2, 0.25) is 0 Å². The maximum Gasteiger partial charge on any atom is 0.416 e. The van der Waals surface area contributed by atoms with Crippen molar-refractivity contribution in [2.45, 2.75) is 19.0 Å². The Kier molecular flexibility index (Phi) is 4.11. The van der Waals surface area contributed by atoms with Crippen LogP contribution in [0.3, 0.4) is 0 Å². The molecule has 1 heterocycles. The third kappa shape index (κ3) is 3.63. The van der Waals surface area contributed by atoms with Crippen LogP contribution in [0.4, 0.5) is 13.2 Å². The summed E-state index contributed by atoms with van der Waals surface area (Å²) in [5.41, 5.74) is -0.674. The number of alkyl halides is 3. The topological polar surface area (TPSA) is 18.5 Å². The molecule has 0 spiro atoms. The molecule has 2 nitrogen and oxygen atoms in total. The predicted molar refractivity (Wildman–Crippen MR) is 60.5 cm³/mol. The highest BCUT2D eigenvalue weighted by molar-refractivity contribution is 5.30. The first-order valence-electron chi connectivity index (χ1n) is 5.93. The number of halogens is 3. The summed E-state index contributed by atoms with van der Waals surface area (Å²) in [6.45, 7) is 2.03. The second-order valence-corrected chi connectivity index (χ2v) is 4.42. The summed E-state index contributed by atoms with van der Waals surface area (Å²) >= 11 is 0. The molecule has 2 rings (SSSR count). The SMILES string of the molecule is FC(F)(F)c1cccc(OCCCC2COC2)c1. The van der Waals surface area contributed by atoms with Gasteiger partial charge < -0.3 is 9.47 Å². The van der Waals surface area contributed by atoms with Gasteiger partial charge in [0.2, 0.25) is 0 Å². The molecule has 1 aromatic rings. The quantitative estimate of drug-likeness (QED) is 0.754. The van der Waals surface area contributed by atoms with E-state index in [1.165, 1.54) is 6.07 Å². The fourth-order valence-electron chi connectivity index (χ4n) is 1.78. The summed E-state index contributed by atoms with van der Waals surface area (Å²) in [5.74, 6) is 0.866. The molecule has 0 N–H and O–H groups in total. The first-order valence-corrected chi connectivity index (χ1v) is 5.93. The van der Waals surface area contributed by atoms with Gasteiger partial charge in [-0.2, -0.15) is 13.2 Å². The molecule has 0 unspecified atom stereocenters. The van der Waals surface area contributed by atoms with Crippen molar-refractivity contribution in [2.75, 3.05) is 19.8 Å². The molecule has 0 bridgehead atoms. The summed E-state index contributed by atoms with van der Waals surface area (Å²) in [5, 5.41) is 0. The second kappa shape index (κ2) is 5.61. The summed E-state index contributed by atoms with van der Waals surface area (Å²) < 4.78 is 47.7. The summed E-state index contributed by atoms with van der Waals surface area (Å²) in [6.07, 6.45) is -2.48. The Morgan fingerprint density at radius 2 is 2.06 bits per heavy atom. The molecule has 0 aliphatic carbocycles. The highest BCUT2D eigenvalue weighted by Gasteiger charge is 2.30. The Morgan fingerprint density at radius 3 is 2.67 bits per heavy atom. The molecule has 1 aliphatic heterocycles. The number of ether oxygens (including phenoxy) is 2. The molecule has 18 heavy (non-hydrogen) atoms. The molecular formula is C13H15F3O2. The van der Waals surface area contributed by atoms with E-state index in [-0.39, 0.29) is 5.75 Å². The van der Waals surface area contributed by atoms with Crippen molar-refractivity contribution in [1.29, 1.82) is 0 Å². The van der Waals surface area contributed by atoms with Gasteiger partial charge in [0.1, 0.15) is 5.75 Å². The highest BCUT2D eigenvalue weighted by atomic mass is 19.4. The number of rotatable bonds is 5. The minimum absolute atomic E-state index is 0.273. The smallest absolute Gasteiger partial charge is 0.416 e. The fraction of sp³-hybridized carbons (Fsp3) is 0.538. The van der Waals surface area contributed by atoms with Crippen molar-refractivity contribution in [1.82, 2.24) is 0 Å². The molecule has 0 amide bonds. The lowest BCUT2D eigenvalue weighted by molar-refractivity contribution is -0.137. The average Bonchev–Trinajstić information content (AvgIpc) is 2.25. The third-order valence-electron chi connectivity index (χ3n) is 2.89. The number of benzene rings is 1. The fourth-order valence-corrected chi connectivity index (χ4v) is 1.78. The molecule has 1 fully saturated rings. The van der Waals surface area contributed by atoms with E-state index < -0.39 is 11.7 Å². The van der Waals surface area contributed by atoms with Crippen LogP contribution in [-0.4, -0.2) is 19.8 Å². The summed E-state index contributed by atoms with van der Waals surface area (Å²) in [4.78, 5) is 0. The van der Waals surface area contributed by atoms with Gasteiger partial charge in [0.25, 0.3) is 0 Å². The minimum Gasteiger partial charge on any atom is -0.494 e. The summed E-state index contributed by atoms with van der Waals surface area (Å²) in [6, 6.07) is 4.98. The molecule has 0 saturated carbocycles. The van der Waals surface area contributed by atoms with Gasteiger partial charge in [-0.3, -0.25) is 0 Å². The van der Waals surface area contributed by atoms with E-state index in [0.29, 0.717) is 12.5 Å². The molecule has 1 saturated heterocycles. The highest BCUT2D eigenvalue weighted by Crippen LogP contribution is 2.31. The van der Waals surface area contributed by atoms with E-state index >= 15 is 0 Å².